The predicted molar refractivity (Wildman–Crippen MR) is 82.9 cm³/mol. The van der Waals surface area contributed by atoms with Crippen LogP contribution in [0.15, 0.2) is 18.2 Å². The van der Waals surface area contributed by atoms with Gasteiger partial charge in [0.2, 0.25) is 17.8 Å². The summed E-state index contributed by atoms with van der Waals surface area (Å²) in [4.78, 5) is 14.9. The number of nitrogens with zero attached hydrogens (tertiary/aromatic N) is 4. The van der Waals surface area contributed by atoms with Crippen LogP contribution in [0.1, 0.15) is 11.1 Å². The molecule has 0 aliphatic carbocycles. The fourth-order valence-corrected chi connectivity index (χ4v) is 1.74. The van der Waals surface area contributed by atoms with Crippen molar-refractivity contribution in [3.05, 3.63) is 29.3 Å². The normalized spacial score (nSPS) is 10.2. The van der Waals surface area contributed by atoms with Crippen molar-refractivity contribution in [1.29, 1.82) is 0 Å². The van der Waals surface area contributed by atoms with Gasteiger partial charge in [-0.25, -0.2) is 0 Å². The highest BCUT2D eigenvalue weighted by Gasteiger charge is 2.09. The number of anilines is 4. The van der Waals surface area contributed by atoms with Crippen molar-refractivity contribution in [2.75, 3.05) is 36.7 Å². The maximum atomic E-state index is 4.40. The SMILES string of the molecule is CNc1nc(Nc2cccc(C)c2C)nc(N(C)C)n1. The summed E-state index contributed by atoms with van der Waals surface area (Å²) in [6, 6.07) is 6.11. The molecule has 1 aromatic carbocycles. The summed E-state index contributed by atoms with van der Waals surface area (Å²) in [7, 11) is 5.59. The van der Waals surface area contributed by atoms with Crippen LogP contribution >= 0.6 is 0 Å². The molecular weight excluding hydrogens is 252 g/mol. The van der Waals surface area contributed by atoms with E-state index in [-0.39, 0.29) is 0 Å². The molecule has 106 valence electrons. The van der Waals surface area contributed by atoms with Gasteiger partial charge in [0.1, 0.15) is 0 Å². The van der Waals surface area contributed by atoms with Gasteiger partial charge in [-0.15, -0.1) is 0 Å². The average molecular weight is 272 g/mol. The van der Waals surface area contributed by atoms with Gasteiger partial charge >= 0.3 is 0 Å². The lowest BCUT2D eigenvalue weighted by Crippen LogP contribution is -2.15. The predicted octanol–water partition coefficient (Wildman–Crippen LogP) is 2.34. The third-order valence-electron chi connectivity index (χ3n) is 3.10. The minimum absolute atomic E-state index is 0.529. The summed E-state index contributed by atoms with van der Waals surface area (Å²) in [5, 5.41) is 6.20. The standard InChI is InChI=1S/C14H20N6/c1-9-7-6-8-11(10(9)2)16-13-17-12(15-3)18-14(19-13)20(4)5/h6-8H,1-5H3,(H2,15,16,17,18,19). The molecular formula is C14H20N6. The maximum absolute atomic E-state index is 4.40. The zero-order chi connectivity index (χ0) is 14.7. The molecule has 0 saturated heterocycles. The largest absolute Gasteiger partial charge is 0.357 e. The van der Waals surface area contributed by atoms with E-state index in [4.69, 9.17) is 0 Å². The molecule has 0 radical (unpaired) electrons. The van der Waals surface area contributed by atoms with Crippen molar-refractivity contribution in [2.45, 2.75) is 13.8 Å². The van der Waals surface area contributed by atoms with E-state index < -0.39 is 0 Å². The molecule has 0 spiro atoms. The topological polar surface area (TPSA) is 66.0 Å². The Balaban J connectivity index is 2.37. The van der Waals surface area contributed by atoms with E-state index in [9.17, 15) is 0 Å². The van der Waals surface area contributed by atoms with E-state index in [1.54, 1.807) is 7.05 Å². The van der Waals surface area contributed by atoms with E-state index in [2.05, 4.69) is 45.5 Å². The molecule has 0 atom stereocenters. The molecule has 0 unspecified atom stereocenters. The molecule has 20 heavy (non-hydrogen) atoms. The molecule has 0 amide bonds. The first-order chi connectivity index (χ1) is 9.51. The lowest BCUT2D eigenvalue weighted by molar-refractivity contribution is 0.962. The number of aryl methyl sites for hydroxylation is 1. The lowest BCUT2D eigenvalue weighted by atomic mass is 10.1. The molecule has 1 aromatic heterocycles. The molecule has 0 aliphatic heterocycles. The Morgan fingerprint density at radius 3 is 2.35 bits per heavy atom. The van der Waals surface area contributed by atoms with E-state index in [0.717, 1.165) is 5.69 Å². The first-order valence-electron chi connectivity index (χ1n) is 6.45. The first kappa shape index (κ1) is 14.0. The van der Waals surface area contributed by atoms with Gasteiger partial charge in [-0.1, -0.05) is 12.1 Å². The fourth-order valence-electron chi connectivity index (χ4n) is 1.74. The monoisotopic (exact) mass is 272 g/mol. The molecule has 2 aromatic rings. The summed E-state index contributed by atoms with van der Waals surface area (Å²) in [5.41, 5.74) is 3.42. The number of hydrogen-bond donors (Lipinski definition) is 2. The minimum Gasteiger partial charge on any atom is -0.357 e. The van der Waals surface area contributed by atoms with Crippen LogP contribution in [0.2, 0.25) is 0 Å². The second-order valence-electron chi connectivity index (χ2n) is 4.80. The molecule has 6 heteroatoms. The molecule has 2 rings (SSSR count). The van der Waals surface area contributed by atoms with Gasteiger partial charge in [0.05, 0.1) is 0 Å². The Morgan fingerprint density at radius 2 is 1.70 bits per heavy atom. The van der Waals surface area contributed by atoms with Gasteiger partial charge in [0.25, 0.3) is 0 Å². The Labute approximate surface area is 119 Å². The van der Waals surface area contributed by atoms with Crippen molar-refractivity contribution in [3.63, 3.8) is 0 Å². The Kier molecular flexibility index (Phi) is 4.02. The highest BCUT2D eigenvalue weighted by Crippen LogP contribution is 2.22. The Bertz CT molecular complexity index is 609. The molecule has 0 fully saturated rings. The van der Waals surface area contributed by atoms with Crippen molar-refractivity contribution in [2.24, 2.45) is 0 Å². The van der Waals surface area contributed by atoms with Gasteiger partial charge < -0.3 is 15.5 Å². The van der Waals surface area contributed by atoms with Gasteiger partial charge in [0.15, 0.2) is 0 Å². The number of aromatic nitrogens is 3. The van der Waals surface area contributed by atoms with Crippen molar-refractivity contribution in [3.8, 4) is 0 Å². The van der Waals surface area contributed by atoms with Crippen LogP contribution in [-0.2, 0) is 0 Å². The smallest absolute Gasteiger partial charge is 0.233 e. The van der Waals surface area contributed by atoms with E-state index in [1.165, 1.54) is 11.1 Å². The van der Waals surface area contributed by atoms with Crippen molar-refractivity contribution >= 4 is 23.5 Å². The number of hydrogen-bond acceptors (Lipinski definition) is 6. The summed E-state index contributed by atoms with van der Waals surface area (Å²) in [5.74, 6) is 1.68. The maximum Gasteiger partial charge on any atom is 0.233 e. The van der Waals surface area contributed by atoms with Gasteiger partial charge in [-0.05, 0) is 31.0 Å². The third-order valence-corrected chi connectivity index (χ3v) is 3.10. The number of rotatable bonds is 4. The van der Waals surface area contributed by atoms with Crippen LogP contribution < -0.4 is 15.5 Å². The second kappa shape index (κ2) is 5.73. The van der Waals surface area contributed by atoms with Gasteiger partial charge in [-0.3, -0.25) is 0 Å². The average Bonchev–Trinajstić information content (AvgIpc) is 2.43. The second-order valence-corrected chi connectivity index (χ2v) is 4.80. The third kappa shape index (κ3) is 2.96. The molecule has 0 saturated carbocycles. The highest BCUT2D eigenvalue weighted by molar-refractivity contribution is 5.61. The van der Waals surface area contributed by atoms with Crippen LogP contribution in [0.3, 0.4) is 0 Å². The first-order valence-corrected chi connectivity index (χ1v) is 6.45. The molecule has 0 aliphatic rings. The van der Waals surface area contributed by atoms with Crippen molar-refractivity contribution < 1.29 is 0 Å². The Morgan fingerprint density at radius 1 is 1.00 bits per heavy atom. The highest BCUT2D eigenvalue weighted by atomic mass is 15.3. The zero-order valence-electron chi connectivity index (χ0n) is 12.5. The van der Waals surface area contributed by atoms with Crippen LogP contribution in [-0.4, -0.2) is 36.1 Å². The van der Waals surface area contributed by atoms with Crippen LogP contribution in [0.25, 0.3) is 0 Å². The Hall–Kier alpha value is -2.37. The minimum atomic E-state index is 0.529. The van der Waals surface area contributed by atoms with E-state index in [1.807, 2.05) is 31.1 Å². The summed E-state index contributed by atoms with van der Waals surface area (Å²) in [6.45, 7) is 4.16. The zero-order valence-corrected chi connectivity index (χ0v) is 12.5. The fraction of sp³-hybridized carbons (Fsp3) is 0.357. The molecule has 6 nitrogen and oxygen atoms in total. The summed E-state index contributed by atoms with van der Waals surface area (Å²) in [6.07, 6.45) is 0. The van der Waals surface area contributed by atoms with Crippen molar-refractivity contribution in [1.82, 2.24) is 15.0 Å². The van der Waals surface area contributed by atoms with Crippen LogP contribution in [0, 0.1) is 13.8 Å². The van der Waals surface area contributed by atoms with Crippen LogP contribution in [0.5, 0.6) is 0 Å². The quantitative estimate of drug-likeness (QED) is 0.890. The van der Waals surface area contributed by atoms with Crippen LogP contribution in [0.4, 0.5) is 23.5 Å². The molecule has 0 bridgehead atoms. The summed E-state index contributed by atoms with van der Waals surface area (Å²) < 4.78 is 0. The van der Waals surface area contributed by atoms with E-state index in [0.29, 0.717) is 17.8 Å². The molecule has 1 heterocycles. The lowest BCUT2D eigenvalue weighted by Gasteiger charge is -2.14. The van der Waals surface area contributed by atoms with Gasteiger partial charge in [0, 0.05) is 26.8 Å². The summed E-state index contributed by atoms with van der Waals surface area (Å²) >= 11 is 0. The number of benzene rings is 1. The van der Waals surface area contributed by atoms with E-state index >= 15 is 0 Å². The van der Waals surface area contributed by atoms with Gasteiger partial charge in [-0.2, -0.15) is 15.0 Å². The number of nitrogens with one attached hydrogen (secondary N) is 2. The molecule has 2 N–H and O–H groups in total.